The Balaban J connectivity index is 1.35. The number of carbonyl (C=O) groups is 1. The second-order valence-electron chi connectivity index (χ2n) is 8.16. The van der Waals surface area contributed by atoms with Crippen LogP contribution in [0.25, 0.3) is 10.9 Å². The van der Waals surface area contributed by atoms with E-state index in [1.807, 2.05) is 35.2 Å². The summed E-state index contributed by atoms with van der Waals surface area (Å²) in [4.78, 5) is 21.0. The molecule has 1 unspecified atom stereocenters. The molecule has 0 bridgehead atoms. The van der Waals surface area contributed by atoms with E-state index in [0.29, 0.717) is 11.6 Å². The van der Waals surface area contributed by atoms with Crippen LogP contribution in [0.3, 0.4) is 0 Å². The fourth-order valence-electron chi connectivity index (χ4n) is 4.46. The van der Waals surface area contributed by atoms with Gasteiger partial charge in [-0.25, -0.2) is 0 Å². The van der Waals surface area contributed by atoms with E-state index in [9.17, 15) is 4.79 Å². The fraction of sp³-hybridized carbons (Fsp3) is 0.400. The van der Waals surface area contributed by atoms with Gasteiger partial charge in [0.25, 0.3) is 5.91 Å². The first kappa shape index (κ1) is 19.7. The number of rotatable bonds is 7. The van der Waals surface area contributed by atoms with Crippen LogP contribution >= 0.6 is 0 Å². The predicted octanol–water partition coefficient (Wildman–Crippen LogP) is 4.58. The Hall–Kier alpha value is -2.59. The summed E-state index contributed by atoms with van der Waals surface area (Å²) in [5, 5.41) is 1.09. The Kier molecular flexibility index (Phi) is 6.30. The number of hydrogen-bond acceptors (Lipinski definition) is 2. The highest BCUT2D eigenvalue weighted by Gasteiger charge is 2.24. The molecule has 2 heterocycles. The lowest BCUT2D eigenvalue weighted by molar-refractivity contribution is 0.0686. The SMILES string of the molecule is CCN(CC1CCCN(CCc2ccccc2)C1)C(=O)c1cc2ccccc2[nH]1. The zero-order valence-electron chi connectivity index (χ0n) is 17.3. The first-order valence-electron chi connectivity index (χ1n) is 10.9. The van der Waals surface area contributed by atoms with Crippen molar-refractivity contribution in [3.63, 3.8) is 0 Å². The third-order valence-electron chi connectivity index (χ3n) is 6.07. The largest absolute Gasteiger partial charge is 0.351 e. The van der Waals surface area contributed by atoms with Crippen LogP contribution < -0.4 is 0 Å². The average molecular weight is 390 g/mol. The van der Waals surface area contributed by atoms with E-state index < -0.39 is 0 Å². The molecular formula is C25H31N3O. The second-order valence-corrected chi connectivity index (χ2v) is 8.16. The monoisotopic (exact) mass is 389 g/mol. The standard InChI is InChI=1S/C25H31N3O/c1-2-28(25(29)24-17-22-12-6-7-13-23(22)26-24)19-21-11-8-15-27(18-21)16-14-20-9-4-3-5-10-20/h3-7,9-10,12-13,17,21,26H,2,8,11,14-16,18-19H2,1H3. The lowest BCUT2D eigenvalue weighted by Crippen LogP contribution is -2.43. The van der Waals surface area contributed by atoms with E-state index in [2.05, 4.69) is 47.1 Å². The highest BCUT2D eigenvalue weighted by atomic mass is 16.2. The lowest BCUT2D eigenvalue weighted by atomic mass is 9.96. The number of benzene rings is 2. The average Bonchev–Trinajstić information content (AvgIpc) is 3.21. The molecule has 0 aliphatic carbocycles. The summed E-state index contributed by atoms with van der Waals surface area (Å²) in [6.07, 6.45) is 3.52. The maximum Gasteiger partial charge on any atom is 0.270 e. The Bertz CT molecular complexity index is 900. The minimum Gasteiger partial charge on any atom is -0.351 e. The molecule has 1 N–H and O–H groups in total. The molecule has 4 heteroatoms. The lowest BCUT2D eigenvalue weighted by Gasteiger charge is -2.35. The van der Waals surface area contributed by atoms with Crippen LogP contribution in [0, 0.1) is 5.92 Å². The van der Waals surface area contributed by atoms with Gasteiger partial charge in [0, 0.05) is 37.1 Å². The second kappa shape index (κ2) is 9.27. The van der Waals surface area contributed by atoms with Crippen LogP contribution in [0.15, 0.2) is 60.7 Å². The van der Waals surface area contributed by atoms with Crippen molar-refractivity contribution in [3.05, 3.63) is 71.9 Å². The third-order valence-corrected chi connectivity index (χ3v) is 6.07. The number of nitrogens with one attached hydrogen (secondary N) is 1. The van der Waals surface area contributed by atoms with Crippen molar-refractivity contribution in [1.29, 1.82) is 0 Å². The molecule has 4 rings (SSSR count). The molecular weight excluding hydrogens is 358 g/mol. The van der Waals surface area contributed by atoms with Crippen molar-refractivity contribution >= 4 is 16.8 Å². The number of fused-ring (bicyclic) bond motifs is 1. The maximum absolute atomic E-state index is 13.1. The van der Waals surface area contributed by atoms with E-state index in [4.69, 9.17) is 0 Å². The Labute approximate surface area is 173 Å². The van der Waals surface area contributed by atoms with E-state index in [1.165, 1.54) is 24.9 Å². The van der Waals surface area contributed by atoms with Crippen LogP contribution in [-0.4, -0.2) is 53.4 Å². The van der Waals surface area contributed by atoms with Gasteiger partial charge in [-0.15, -0.1) is 0 Å². The molecule has 1 saturated heterocycles. The van der Waals surface area contributed by atoms with Crippen molar-refractivity contribution in [1.82, 2.24) is 14.8 Å². The Morgan fingerprint density at radius 1 is 1.14 bits per heavy atom. The molecule has 0 spiro atoms. The van der Waals surface area contributed by atoms with Crippen LogP contribution in [-0.2, 0) is 6.42 Å². The van der Waals surface area contributed by atoms with Crippen LogP contribution in [0.1, 0.15) is 35.8 Å². The first-order chi connectivity index (χ1) is 14.2. The molecule has 1 aromatic heterocycles. The number of aromatic amines is 1. The van der Waals surface area contributed by atoms with E-state index >= 15 is 0 Å². The third kappa shape index (κ3) is 4.88. The minimum absolute atomic E-state index is 0.116. The maximum atomic E-state index is 13.1. The zero-order chi connectivity index (χ0) is 20.1. The number of hydrogen-bond donors (Lipinski definition) is 1. The molecule has 1 aliphatic heterocycles. The number of likely N-dealkylation sites (tertiary alicyclic amines) is 1. The summed E-state index contributed by atoms with van der Waals surface area (Å²) >= 11 is 0. The van der Waals surface area contributed by atoms with Gasteiger partial charge in [-0.2, -0.15) is 0 Å². The molecule has 0 saturated carbocycles. The number of nitrogens with zero attached hydrogens (tertiary/aromatic N) is 2. The topological polar surface area (TPSA) is 39.3 Å². The van der Waals surface area contributed by atoms with E-state index in [-0.39, 0.29) is 5.91 Å². The molecule has 29 heavy (non-hydrogen) atoms. The molecule has 1 fully saturated rings. The number of H-pyrrole nitrogens is 1. The van der Waals surface area contributed by atoms with Crippen LogP contribution in [0.5, 0.6) is 0 Å². The van der Waals surface area contributed by atoms with Crippen molar-refractivity contribution < 1.29 is 4.79 Å². The molecule has 4 nitrogen and oxygen atoms in total. The zero-order valence-corrected chi connectivity index (χ0v) is 17.3. The van der Waals surface area contributed by atoms with Gasteiger partial charge in [0.1, 0.15) is 5.69 Å². The molecule has 2 aromatic carbocycles. The summed E-state index contributed by atoms with van der Waals surface area (Å²) in [7, 11) is 0. The van der Waals surface area contributed by atoms with Gasteiger partial charge >= 0.3 is 0 Å². The van der Waals surface area contributed by atoms with E-state index in [0.717, 1.165) is 43.5 Å². The number of piperidine rings is 1. The normalized spacial score (nSPS) is 17.5. The number of amides is 1. The highest BCUT2D eigenvalue weighted by molar-refractivity contribution is 5.98. The summed E-state index contributed by atoms with van der Waals surface area (Å²) < 4.78 is 0. The van der Waals surface area contributed by atoms with Crippen molar-refractivity contribution in [2.24, 2.45) is 5.92 Å². The van der Waals surface area contributed by atoms with Gasteiger partial charge < -0.3 is 14.8 Å². The molecule has 152 valence electrons. The fourth-order valence-corrected chi connectivity index (χ4v) is 4.46. The van der Waals surface area contributed by atoms with Crippen LogP contribution in [0.4, 0.5) is 0 Å². The smallest absolute Gasteiger partial charge is 0.270 e. The molecule has 3 aromatic rings. The number of aromatic nitrogens is 1. The van der Waals surface area contributed by atoms with Crippen LogP contribution in [0.2, 0.25) is 0 Å². The molecule has 1 amide bonds. The predicted molar refractivity (Wildman–Crippen MR) is 119 cm³/mol. The quantitative estimate of drug-likeness (QED) is 0.642. The minimum atomic E-state index is 0.116. The van der Waals surface area contributed by atoms with Crippen molar-refractivity contribution in [3.8, 4) is 0 Å². The highest BCUT2D eigenvalue weighted by Crippen LogP contribution is 2.21. The summed E-state index contributed by atoms with van der Waals surface area (Å²) in [5.41, 5.74) is 3.13. The molecule has 0 radical (unpaired) electrons. The Morgan fingerprint density at radius 2 is 1.93 bits per heavy atom. The van der Waals surface area contributed by atoms with Gasteiger partial charge in [0.05, 0.1) is 0 Å². The Morgan fingerprint density at radius 3 is 2.72 bits per heavy atom. The summed E-state index contributed by atoms with van der Waals surface area (Å²) in [6.45, 7) is 7.02. The van der Waals surface area contributed by atoms with Gasteiger partial charge in [-0.3, -0.25) is 4.79 Å². The number of para-hydroxylation sites is 1. The number of carbonyl (C=O) groups excluding carboxylic acids is 1. The van der Waals surface area contributed by atoms with E-state index in [1.54, 1.807) is 0 Å². The summed E-state index contributed by atoms with van der Waals surface area (Å²) in [6, 6.07) is 20.8. The van der Waals surface area contributed by atoms with Gasteiger partial charge in [0.2, 0.25) is 0 Å². The van der Waals surface area contributed by atoms with Gasteiger partial charge in [-0.05, 0) is 56.3 Å². The van der Waals surface area contributed by atoms with Gasteiger partial charge in [-0.1, -0.05) is 48.5 Å². The van der Waals surface area contributed by atoms with Crippen molar-refractivity contribution in [2.75, 3.05) is 32.7 Å². The molecule has 1 atom stereocenters. The van der Waals surface area contributed by atoms with Gasteiger partial charge in [0.15, 0.2) is 0 Å². The summed E-state index contributed by atoms with van der Waals surface area (Å²) in [5.74, 6) is 0.665. The van der Waals surface area contributed by atoms with Crippen molar-refractivity contribution in [2.45, 2.75) is 26.2 Å². The molecule has 1 aliphatic rings. The first-order valence-corrected chi connectivity index (χ1v) is 10.9.